The van der Waals surface area contributed by atoms with E-state index in [2.05, 4.69) is 5.32 Å². The summed E-state index contributed by atoms with van der Waals surface area (Å²) in [5.74, 6) is 0.693. The lowest BCUT2D eigenvalue weighted by Gasteiger charge is -2.17. The van der Waals surface area contributed by atoms with Crippen LogP contribution in [0.5, 0.6) is 11.5 Å². The Hall–Kier alpha value is -3.02. The van der Waals surface area contributed by atoms with Crippen LogP contribution in [-0.4, -0.2) is 44.0 Å². The molecule has 148 valence electrons. The fourth-order valence-electron chi connectivity index (χ4n) is 3.42. The lowest BCUT2D eigenvalue weighted by atomic mass is 10.1. The monoisotopic (exact) mass is 382 g/mol. The fraction of sp³-hybridized carbons (Fsp3) is 0.364. The van der Waals surface area contributed by atoms with Crippen molar-refractivity contribution >= 4 is 17.5 Å². The molecule has 2 aromatic carbocycles. The van der Waals surface area contributed by atoms with E-state index in [1.54, 1.807) is 25.2 Å². The zero-order chi connectivity index (χ0) is 20.1. The summed E-state index contributed by atoms with van der Waals surface area (Å²) in [7, 11) is 3.13. The number of methoxy groups -OCH3 is 2. The zero-order valence-electron chi connectivity index (χ0n) is 16.5. The summed E-state index contributed by atoms with van der Waals surface area (Å²) in [5, 5.41) is 2.94. The summed E-state index contributed by atoms with van der Waals surface area (Å²) in [6.07, 6.45) is 1.03. The summed E-state index contributed by atoms with van der Waals surface area (Å²) in [4.78, 5) is 26.8. The van der Waals surface area contributed by atoms with Gasteiger partial charge in [-0.1, -0.05) is 30.3 Å². The number of ether oxygens (including phenoxy) is 2. The van der Waals surface area contributed by atoms with Gasteiger partial charge in [0.2, 0.25) is 11.8 Å². The predicted octanol–water partition coefficient (Wildman–Crippen LogP) is 3.04. The van der Waals surface area contributed by atoms with E-state index in [0.717, 1.165) is 12.0 Å². The van der Waals surface area contributed by atoms with Gasteiger partial charge in [0, 0.05) is 31.3 Å². The lowest BCUT2D eigenvalue weighted by molar-refractivity contribution is -0.128. The van der Waals surface area contributed by atoms with Crippen molar-refractivity contribution in [3.05, 3.63) is 53.6 Å². The molecule has 2 aromatic rings. The second-order valence-electron chi connectivity index (χ2n) is 6.99. The molecule has 1 aliphatic heterocycles. The number of amides is 2. The highest BCUT2D eigenvalue weighted by atomic mass is 16.5. The molecular weight excluding hydrogens is 356 g/mol. The second-order valence-corrected chi connectivity index (χ2v) is 6.99. The van der Waals surface area contributed by atoms with Crippen LogP contribution in [0.25, 0.3) is 0 Å². The Morgan fingerprint density at radius 2 is 1.82 bits per heavy atom. The van der Waals surface area contributed by atoms with E-state index in [9.17, 15) is 9.59 Å². The number of anilines is 1. The van der Waals surface area contributed by atoms with Crippen molar-refractivity contribution < 1.29 is 19.1 Å². The van der Waals surface area contributed by atoms with Gasteiger partial charge in [0.05, 0.1) is 20.1 Å². The molecule has 1 heterocycles. The number of hydrogen-bond donors (Lipinski definition) is 1. The molecular formula is C22H26N2O4. The maximum absolute atomic E-state index is 12.7. The van der Waals surface area contributed by atoms with Crippen LogP contribution in [0, 0.1) is 12.8 Å². The van der Waals surface area contributed by atoms with Crippen LogP contribution in [0.4, 0.5) is 5.69 Å². The first kappa shape index (κ1) is 19.7. The van der Waals surface area contributed by atoms with E-state index in [1.807, 2.05) is 43.3 Å². The molecule has 2 amide bonds. The molecule has 1 unspecified atom stereocenters. The molecule has 28 heavy (non-hydrogen) atoms. The van der Waals surface area contributed by atoms with Crippen molar-refractivity contribution in [1.29, 1.82) is 0 Å². The normalized spacial score (nSPS) is 16.2. The van der Waals surface area contributed by atoms with Crippen LogP contribution in [-0.2, 0) is 16.0 Å². The summed E-state index contributed by atoms with van der Waals surface area (Å²) in [5.41, 5.74) is 2.72. The molecule has 0 radical (unpaired) electrons. The van der Waals surface area contributed by atoms with Gasteiger partial charge >= 0.3 is 0 Å². The van der Waals surface area contributed by atoms with Crippen molar-refractivity contribution in [2.45, 2.75) is 19.8 Å². The van der Waals surface area contributed by atoms with Gasteiger partial charge in [0.15, 0.2) is 11.5 Å². The summed E-state index contributed by atoms with van der Waals surface area (Å²) >= 11 is 0. The first-order chi connectivity index (χ1) is 13.5. The largest absolute Gasteiger partial charge is 0.493 e. The van der Waals surface area contributed by atoms with Gasteiger partial charge in [-0.3, -0.25) is 9.59 Å². The molecule has 3 rings (SSSR count). The summed E-state index contributed by atoms with van der Waals surface area (Å²) in [6.45, 7) is 2.97. The summed E-state index contributed by atoms with van der Waals surface area (Å²) in [6, 6.07) is 13.6. The third-order valence-corrected chi connectivity index (χ3v) is 5.09. The molecule has 1 fully saturated rings. The van der Waals surface area contributed by atoms with Crippen LogP contribution in [0.15, 0.2) is 42.5 Å². The van der Waals surface area contributed by atoms with Gasteiger partial charge in [-0.2, -0.15) is 0 Å². The van der Waals surface area contributed by atoms with E-state index in [4.69, 9.17) is 9.47 Å². The lowest BCUT2D eigenvalue weighted by Crippen LogP contribution is -2.30. The van der Waals surface area contributed by atoms with Crippen molar-refractivity contribution in [2.75, 3.05) is 32.6 Å². The van der Waals surface area contributed by atoms with Crippen molar-refractivity contribution in [3.63, 3.8) is 0 Å². The molecule has 1 saturated heterocycles. The number of nitrogens with one attached hydrogen (secondary N) is 1. The quantitative estimate of drug-likeness (QED) is 0.799. The molecule has 0 saturated carbocycles. The van der Waals surface area contributed by atoms with E-state index < -0.39 is 0 Å². The Kier molecular flexibility index (Phi) is 6.19. The summed E-state index contributed by atoms with van der Waals surface area (Å²) < 4.78 is 10.6. The van der Waals surface area contributed by atoms with Crippen molar-refractivity contribution in [2.24, 2.45) is 5.92 Å². The van der Waals surface area contributed by atoms with E-state index >= 15 is 0 Å². The predicted molar refractivity (Wildman–Crippen MR) is 108 cm³/mol. The first-order valence-electron chi connectivity index (χ1n) is 9.37. The Morgan fingerprint density at radius 3 is 2.50 bits per heavy atom. The minimum atomic E-state index is -0.351. The molecule has 1 atom stereocenters. The maximum atomic E-state index is 12.7. The number of likely N-dealkylation sites (tertiary alicyclic amines) is 1. The Balaban J connectivity index is 1.62. The Bertz CT molecular complexity index is 851. The smallest absolute Gasteiger partial charge is 0.229 e. The number of benzene rings is 2. The standard InChI is InChI=1S/C22H26N2O4/c1-15-11-19(27-2)20(28-3)13-18(15)23-22(26)17-12-21(25)24(14-17)10-9-16-7-5-4-6-8-16/h4-8,11,13,17H,9-10,12,14H2,1-3H3,(H,23,26). The first-order valence-corrected chi connectivity index (χ1v) is 9.37. The number of carbonyl (C=O) groups is 2. The van der Waals surface area contributed by atoms with Crippen LogP contribution < -0.4 is 14.8 Å². The Labute approximate surface area is 165 Å². The van der Waals surface area contributed by atoms with Gasteiger partial charge in [0.1, 0.15) is 0 Å². The molecule has 0 aromatic heterocycles. The SMILES string of the molecule is COc1cc(C)c(NC(=O)C2CC(=O)N(CCc3ccccc3)C2)cc1OC. The van der Waals surface area contributed by atoms with E-state index in [0.29, 0.717) is 30.3 Å². The number of hydrogen-bond acceptors (Lipinski definition) is 4. The van der Waals surface area contributed by atoms with Gasteiger partial charge in [-0.25, -0.2) is 0 Å². The number of nitrogens with zero attached hydrogens (tertiary/aromatic N) is 1. The van der Waals surface area contributed by atoms with Gasteiger partial charge < -0.3 is 19.7 Å². The average Bonchev–Trinajstić information content (AvgIpc) is 3.09. The minimum Gasteiger partial charge on any atom is -0.493 e. The molecule has 1 N–H and O–H groups in total. The van der Waals surface area contributed by atoms with Crippen LogP contribution in [0.3, 0.4) is 0 Å². The number of carbonyl (C=O) groups excluding carboxylic acids is 2. The highest BCUT2D eigenvalue weighted by molar-refractivity contribution is 5.98. The van der Waals surface area contributed by atoms with Gasteiger partial charge in [-0.05, 0) is 30.5 Å². The zero-order valence-corrected chi connectivity index (χ0v) is 16.5. The molecule has 0 aliphatic carbocycles. The highest BCUT2D eigenvalue weighted by Crippen LogP contribution is 2.33. The second kappa shape index (κ2) is 8.78. The van der Waals surface area contributed by atoms with Crippen molar-refractivity contribution in [1.82, 2.24) is 4.90 Å². The third kappa shape index (κ3) is 4.44. The number of rotatable bonds is 7. The van der Waals surface area contributed by atoms with Gasteiger partial charge in [0.25, 0.3) is 0 Å². The molecule has 1 aliphatic rings. The van der Waals surface area contributed by atoms with E-state index in [-0.39, 0.29) is 24.2 Å². The van der Waals surface area contributed by atoms with E-state index in [1.165, 1.54) is 5.56 Å². The van der Waals surface area contributed by atoms with Crippen molar-refractivity contribution in [3.8, 4) is 11.5 Å². The van der Waals surface area contributed by atoms with Crippen LogP contribution in [0.2, 0.25) is 0 Å². The van der Waals surface area contributed by atoms with Crippen LogP contribution >= 0.6 is 0 Å². The molecule has 0 bridgehead atoms. The maximum Gasteiger partial charge on any atom is 0.229 e. The third-order valence-electron chi connectivity index (χ3n) is 5.09. The fourth-order valence-corrected chi connectivity index (χ4v) is 3.42. The number of aryl methyl sites for hydroxylation is 1. The Morgan fingerprint density at radius 1 is 1.14 bits per heavy atom. The van der Waals surface area contributed by atoms with Gasteiger partial charge in [-0.15, -0.1) is 0 Å². The average molecular weight is 382 g/mol. The molecule has 6 heteroatoms. The highest BCUT2D eigenvalue weighted by Gasteiger charge is 2.34. The molecule has 6 nitrogen and oxygen atoms in total. The molecule has 0 spiro atoms. The van der Waals surface area contributed by atoms with Crippen LogP contribution in [0.1, 0.15) is 17.5 Å². The topological polar surface area (TPSA) is 67.9 Å². The minimum absolute atomic E-state index is 0.0279.